The van der Waals surface area contributed by atoms with Crippen LogP contribution in [-0.4, -0.2) is 52.7 Å². The van der Waals surface area contributed by atoms with Crippen LogP contribution in [0, 0.1) is 12.8 Å². The molecule has 3 rings (SSSR count). The number of hydrogen-bond acceptors (Lipinski definition) is 5. The van der Waals surface area contributed by atoms with Gasteiger partial charge < -0.3 is 9.42 Å². The third-order valence-electron chi connectivity index (χ3n) is 5.27. The predicted octanol–water partition coefficient (Wildman–Crippen LogP) is 3.02. The molecule has 0 saturated carbocycles. The van der Waals surface area contributed by atoms with Gasteiger partial charge in [0.1, 0.15) is 0 Å². The fraction of sp³-hybridized carbons (Fsp3) is 0.778. The van der Waals surface area contributed by atoms with Crippen LogP contribution in [0.15, 0.2) is 16.7 Å². The van der Waals surface area contributed by atoms with Crippen molar-refractivity contribution in [2.75, 3.05) is 26.7 Å². The normalized spacial score (nSPS) is 26.6. The van der Waals surface area contributed by atoms with Gasteiger partial charge in [-0.1, -0.05) is 17.3 Å². The molecule has 1 aliphatic heterocycles. The molecule has 1 fully saturated rings. The summed E-state index contributed by atoms with van der Waals surface area (Å²) >= 11 is 0. The van der Waals surface area contributed by atoms with Crippen LogP contribution in [0.3, 0.4) is 0 Å². The Bertz CT molecular complexity index is 513. The van der Waals surface area contributed by atoms with E-state index in [1.165, 1.54) is 58.2 Å². The molecule has 5 heteroatoms. The monoisotopic (exact) mass is 318 g/mol. The third kappa shape index (κ3) is 4.88. The molecule has 1 aliphatic carbocycles. The van der Waals surface area contributed by atoms with Gasteiger partial charge in [-0.25, -0.2) is 0 Å². The van der Waals surface area contributed by atoms with E-state index in [0.717, 1.165) is 18.3 Å². The summed E-state index contributed by atoms with van der Waals surface area (Å²) < 4.78 is 5.08. The first-order valence-electron chi connectivity index (χ1n) is 9.07. The van der Waals surface area contributed by atoms with Crippen LogP contribution in [0.2, 0.25) is 0 Å². The molecule has 23 heavy (non-hydrogen) atoms. The summed E-state index contributed by atoms with van der Waals surface area (Å²) in [6, 6.07) is 0.630. The number of aryl methyl sites for hydroxylation is 1. The quantitative estimate of drug-likeness (QED) is 0.781. The molecule has 2 aliphatic rings. The number of likely N-dealkylation sites (tertiary alicyclic amines) is 1. The van der Waals surface area contributed by atoms with E-state index < -0.39 is 0 Å². The Morgan fingerprint density at radius 3 is 2.91 bits per heavy atom. The van der Waals surface area contributed by atoms with Gasteiger partial charge in [0.25, 0.3) is 0 Å². The van der Waals surface area contributed by atoms with Gasteiger partial charge in [0.05, 0.1) is 6.54 Å². The number of hydrogen-bond donors (Lipinski definition) is 0. The Morgan fingerprint density at radius 2 is 2.17 bits per heavy atom. The van der Waals surface area contributed by atoms with Crippen LogP contribution in [-0.2, 0) is 6.54 Å². The smallest absolute Gasteiger partial charge is 0.223 e. The molecular formula is C18H30N4O. The summed E-state index contributed by atoms with van der Waals surface area (Å²) in [6.45, 7) is 6.40. The van der Waals surface area contributed by atoms with Crippen molar-refractivity contribution in [1.82, 2.24) is 19.9 Å². The van der Waals surface area contributed by atoms with Crippen molar-refractivity contribution in [2.45, 2.75) is 58.0 Å². The minimum absolute atomic E-state index is 0.630. The van der Waals surface area contributed by atoms with Crippen LogP contribution >= 0.6 is 0 Å². The summed E-state index contributed by atoms with van der Waals surface area (Å²) in [7, 11) is 2.19. The van der Waals surface area contributed by atoms with Crippen molar-refractivity contribution in [3.63, 3.8) is 0 Å². The maximum absolute atomic E-state index is 5.08. The SMILES string of the molecule is Cc1nc(CN(C)[C@@H]2CCCN(C[C@@H]3CC=CCC3)CC2)no1. The number of nitrogens with zero attached hydrogens (tertiary/aromatic N) is 4. The van der Waals surface area contributed by atoms with Crippen LogP contribution < -0.4 is 0 Å². The Balaban J connectivity index is 1.46. The lowest BCUT2D eigenvalue weighted by atomic mass is 9.94. The molecule has 0 aromatic carbocycles. The average Bonchev–Trinajstić information content (AvgIpc) is 2.82. The highest BCUT2D eigenvalue weighted by atomic mass is 16.5. The summed E-state index contributed by atoms with van der Waals surface area (Å²) in [4.78, 5) is 9.42. The minimum Gasteiger partial charge on any atom is -0.340 e. The predicted molar refractivity (Wildman–Crippen MR) is 91.1 cm³/mol. The third-order valence-corrected chi connectivity index (χ3v) is 5.27. The zero-order valence-corrected chi connectivity index (χ0v) is 14.6. The molecule has 0 radical (unpaired) electrons. The molecule has 1 aromatic rings. The maximum atomic E-state index is 5.08. The standard InChI is InChI=1S/C18H30N4O/c1-15-19-18(20-23-15)14-21(2)17-9-6-11-22(12-10-17)13-16-7-4-3-5-8-16/h3-4,16-17H,5-14H2,1-2H3/t16-,17-/m1/s1. The zero-order valence-electron chi connectivity index (χ0n) is 14.6. The van der Waals surface area contributed by atoms with Crippen molar-refractivity contribution in [2.24, 2.45) is 5.92 Å². The van der Waals surface area contributed by atoms with E-state index in [1.807, 2.05) is 6.92 Å². The van der Waals surface area contributed by atoms with Crippen molar-refractivity contribution in [1.29, 1.82) is 0 Å². The van der Waals surface area contributed by atoms with Gasteiger partial charge in [-0.3, -0.25) is 4.90 Å². The minimum atomic E-state index is 0.630. The lowest BCUT2D eigenvalue weighted by molar-refractivity contribution is 0.193. The first kappa shape index (κ1) is 16.7. The van der Waals surface area contributed by atoms with Gasteiger partial charge in [0, 0.05) is 19.5 Å². The summed E-state index contributed by atoms with van der Waals surface area (Å²) in [5.74, 6) is 2.33. The second-order valence-corrected chi connectivity index (χ2v) is 7.18. The van der Waals surface area contributed by atoms with E-state index in [-0.39, 0.29) is 0 Å². The number of rotatable bonds is 5. The van der Waals surface area contributed by atoms with Crippen LogP contribution in [0.4, 0.5) is 0 Å². The first-order valence-corrected chi connectivity index (χ1v) is 9.07. The maximum Gasteiger partial charge on any atom is 0.223 e. The molecule has 2 heterocycles. The van der Waals surface area contributed by atoms with Crippen molar-refractivity contribution < 1.29 is 4.52 Å². The highest BCUT2D eigenvalue weighted by Crippen LogP contribution is 2.22. The Hall–Kier alpha value is -1.20. The topological polar surface area (TPSA) is 45.4 Å². The first-order chi connectivity index (χ1) is 11.2. The lowest BCUT2D eigenvalue weighted by Crippen LogP contribution is -2.34. The molecular weight excluding hydrogens is 288 g/mol. The van der Waals surface area contributed by atoms with Gasteiger partial charge in [0.15, 0.2) is 5.82 Å². The molecule has 0 bridgehead atoms. The van der Waals surface area contributed by atoms with Gasteiger partial charge in [0.2, 0.25) is 5.89 Å². The number of aromatic nitrogens is 2. The summed E-state index contributed by atoms with van der Waals surface area (Å²) in [6.07, 6.45) is 12.4. The molecule has 0 amide bonds. The Morgan fingerprint density at radius 1 is 1.26 bits per heavy atom. The molecule has 0 unspecified atom stereocenters. The molecule has 2 atom stereocenters. The van der Waals surface area contributed by atoms with Crippen LogP contribution in [0.5, 0.6) is 0 Å². The number of allylic oxidation sites excluding steroid dienone is 2. The zero-order chi connectivity index (χ0) is 16.1. The van der Waals surface area contributed by atoms with E-state index in [2.05, 4.69) is 39.1 Å². The second-order valence-electron chi connectivity index (χ2n) is 7.18. The summed E-state index contributed by atoms with van der Waals surface area (Å²) in [5.41, 5.74) is 0. The Labute approximate surface area is 139 Å². The van der Waals surface area contributed by atoms with Gasteiger partial charge >= 0.3 is 0 Å². The fourth-order valence-corrected chi connectivity index (χ4v) is 3.91. The lowest BCUT2D eigenvalue weighted by Gasteiger charge is -2.28. The van der Waals surface area contributed by atoms with Gasteiger partial charge in [-0.2, -0.15) is 4.98 Å². The molecule has 0 N–H and O–H groups in total. The van der Waals surface area contributed by atoms with Gasteiger partial charge in [-0.15, -0.1) is 0 Å². The summed E-state index contributed by atoms with van der Waals surface area (Å²) in [5, 5.41) is 4.02. The second kappa shape index (κ2) is 8.06. The molecule has 5 nitrogen and oxygen atoms in total. The van der Waals surface area contributed by atoms with E-state index in [9.17, 15) is 0 Å². The van der Waals surface area contributed by atoms with Crippen LogP contribution in [0.25, 0.3) is 0 Å². The molecule has 1 saturated heterocycles. The van der Waals surface area contributed by atoms with Gasteiger partial charge in [-0.05, 0) is 64.6 Å². The molecule has 128 valence electrons. The van der Waals surface area contributed by atoms with E-state index in [0.29, 0.717) is 11.9 Å². The largest absolute Gasteiger partial charge is 0.340 e. The van der Waals surface area contributed by atoms with Crippen molar-refractivity contribution in [3.05, 3.63) is 23.9 Å². The highest BCUT2D eigenvalue weighted by molar-refractivity contribution is 4.91. The van der Waals surface area contributed by atoms with Crippen molar-refractivity contribution >= 4 is 0 Å². The van der Waals surface area contributed by atoms with E-state index in [4.69, 9.17) is 4.52 Å². The molecule has 0 spiro atoms. The van der Waals surface area contributed by atoms with Crippen LogP contribution in [0.1, 0.15) is 50.2 Å². The van der Waals surface area contributed by atoms with Crippen molar-refractivity contribution in [3.8, 4) is 0 Å². The van der Waals surface area contributed by atoms with E-state index in [1.54, 1.807) is 0 Å². The Kier molecular flexibility index (Phi) is 5.84. The highest BCUT2D eigenvalue weighted by Gasteiger charge is 2.23. The molecule has 1 aromatic heterocycles. The average molecular weight is 318 g/mol. The fourth-order valence-electron chi connectivity index (χ4n) is 3.91. The van der Waals surface area contributed by atoms with E-state index >= 15 is 0 Å².